The molecule has 0 radical (unpaired) electrons. The largest absolute Gasteiger partial charge is 0.261 e. The second kappa shape index (κ2) is 5.58. The number of rotatable bonds is 4. The molecule has 2 aromatic rings. The van der Waals surface area contributed by atoms with Crippen LogP contribution in [0.1, 0.15) is 31.7 Å². The molecule has 0 unspecified atom stereocenters. The number of aryl methyl sites for hydroxylation is 2. The van der Waals surface area contributed by atoms with E-state index in [-0.39, 0.29) is 0 Å². The molecule has 0 aromatic carbocycles. The van der Waals surface area contributed by atoms with Gasteiger partial charge >= 0.3 is 0 Å². The smallest absolute Gasteiger partial charge is 0.0403 e. The van der Waals surface area contributed by atoms with E-state index in [2.05, 4.69) is 48.1 Å². The van der Waals surface area contributed by atoms with E-state index in [1.165, 1.54) is 0 Å². The SMILES string of the molecule is CCCc1ccc(-c2ccc(CC)nc2)cn1. The van der Waals surface area contributed by atoms with Gasteiger partial charge in [-0.25, -0.2) is 0 Å². The first-order chi connectivity index (χ1) is 8.33. The fourth-order valence-corrected chi connectivity index (χ4v) is 1.80. The standard InChI is InChI=1S/C15H18N2/c1-3-5-15-9-7-13(11-17-15)12-6-8-14(4-2)16-10-12/h6-11H,3-5H2,1-2H3. The van der Waals surface area contributed by atoms with Gasteiger partial charge in [-0.1, -0.05) is 32.4 Å². The van der Waals surface area contributed by atoms with Gasteiger partial charge in [-0.15, -0.1) is 0 Å². The van der Waals surface area contributed by atoms with Gasteiger partial charge in [0.15, 0.2) is 0 Å². The number of pyridine rings is 2. The molecule has 0 aliphatic heterocycles. The molecule has 88 valence electrons. The minimum Gasteiger partial charge on any atom is -0.261 e. The maximum Gasteiger partial charge on any atom is 0.0403 e. The van der Waals surface area contributed by atoms with E-state index in [0.717, 1.165) is 41.8 Å². The molecule has 0 atom stereocenters. The molecule has 0 saturated carbocycles. The summed E-state index contributed by atoms with van der Waals surface area (Å²) in [6.07, 6.45) is 7.03. The third-order valence-corrected chi connectivity index (χ3v) is 2.85. The lowest BCUT2D eigenvalue weighted by molar-refractivity contribution is 0.883. The van der Waals surface area contributed by atoms with E-state index in [0.29, 0.717) is 0 Å². The zero-order chi connectivity index (χ0) is 12.1. The highest BCUT2D eigenvalue weighted by atomic mass is 14.7. The van der Waals surface area contributed by atoms with Gasteiger partial charge in [0, 0.05) is 34.9 Å². The first-order valence-corrected chi connectivity index (χ1v) is 6.23. The summed E-state index contributed by atoms with van der Waals surface area (Å²) in [7, 11) is 0. The number of hydrogen-bond donors (Lipinski definition) is 0. The Morgan fingerprint density at radius 3 is 1.82 bits per heavy atom. The number of hydrogen-bond acceptors (Lipinski definition) is 2. The lowest BCUT2D eigenvalue weighted by atomic mass is 10.1. The molecule has 2 nitrogen and oxygen atoms in total. The highest BCUT2D eigenvalue weighted by Gasteiger charge is 2.00. The Morgan fingerprint density at radius 2 is 1.41 bits per heavy atom. The van der Waals surface area contributed by atoms with Gasteiger partial charge < -0.3 is 0 Å². The van der Waals surface area contributed by atoms with Gasteiger partial charge in [0.1, 0.15) is 0 Å². The summed E-state index contributed by atoms with van der Waals surface area (Å²) in [5.41, 5.74) is 4.57. The summed E-state index contributed by atoms with van der Waals surface area (Å²) in [6, 6.07) is 8.42. The van der Waals surface area contributed by atoms with Gasteiger partial charge in [0.25, 0.3) is 0 Å². The summed E-state index contributed by atoms with van der Waals surface area (Å²) < 4.78 is 0. The van der Waals surface area contributed by atoms with E-state index in [1.54, 1.807) is 0 Å². The number of aromatic nitrogens is 2. The predicted octanol–water partition coefficient (Wildman–Crippen LogP) is 3.66. The monoisotopic (exact) mass is 226 g/mol. The lowest BCUT2D eigenvalue weighted by Gasteiger charge is -2.03. The fraction of sp³-hybridized carbons (Fsp3) is 0.333. The van der Waals surface area contributed by atoms with Gasteiger partial charge in [-0.3, -0.25) is 9.97 Å². The molecule has 0 fully saturated rings. The van der Waals surface area contributed by atoms with Crippen molar-refractivity contribution < 1.29 is 0 Å². The van der Waals surface area contributed by atoms with Crippen LogP contribution in [-0.4, -0.2) is 9.97 Å². The third kappa shape index (κ3) is 2.90. The average molecular weight is 226 g/mol. The van der Waals surface area contributed by atoms with E-state index < -0.39 is 0 Å². The lowest BCUT2D eigenvalue weighted by Crippen LogP contribution is -1.90. The van der Waals surface area contributed by atoms with Crippen molar-refractivity contribution >= 4 is 0 Å². The molecular formula is C15H18N2. The van der Waals surface area contributed by atoms with Crippen molar-refractivity contribution in [3.63, 3.8) is 0 Å². The van der Waals surface area contributed by atoms with Crippen LogP contribution in [0.15, 0.2) is 36.7 Å². The van der Waals surface area contributed by atoms with Crippen LogP contribution >= 0.6 is 0 Å². The first-order valence-electron chi connectivity index (χ1n) is 6.23. The molecule has 2 aromatic heterocycles. The van der Waals surface area contributed by atoms with Crippen LogP contribution in [-0.2, 0) is 12.8 Å². The molecule has 0 N–H and O–H groups in total. The summed E-state index contributed by atoms with van der Waals surface area (Å²) >= 11 is 0. The maximum absolute atomic E-state index is 4.46. The van der Waals surface area contributed by atoms with E-state index >= 15 is 0 Å². The van der Waals surface area contributed by atoms with Gasteiger partial charge in [0.2, 0.25) is 0 Å². The van der Waals surface area contributed by atoms with Gasteiger partial charge in [-0.2, -0.15) is 0 Å². The van der Waals surface area contributed by atoms with Crippen molar-refractivity contribution in [2.75, 3.05) is 0 Å². The molecule has 0 bridgehead atoms. The Morgan fingerprint density at radius 1 is 0.824 bits per heavy atom. The zero-order valence-electron chi connectivity index (χ0n) is 10.5. The predicted molar refractivity (Wildman–Crippen MR) is 70.8 cm³/mol. The van der Waals surface area contributed by atoms with Crippen LogP contribution in [0.3, 0.4) is 0 Å². The quantitative estimate of drug-likeness (QED) is 0.795. The zero-order valence-corrected chi connectivity index (χ0v) is 10.5. The van der Waals surface area contributed by atoms with E-state index in [1.807, 2.05) is 12.4 Å². The summed E-state index contributed by atoms with van der Waals surface area (Å²) in [5, 5.41) is 0. The van der Waals surface area contributed by atoms with Gasteiger partial charge in [-0.05, 0) is 25.0 Å². The molecular weight excluding hydrogens is 208 g/mol. The minimum atomic E-state index is 0.980. The first kappa shape index (κ1) is 11.8. The van der Waals surface area contributed by atoms with Crippen molar-refractivity contribution in [2.45, 2.75) is 33.1 Å². The normalized spacial score (nSPS) is 10.5. The van der Waals surface area contributed by atoms with Crippen molar-refractivity contribution in [1.82, 2.24) is 9.97 Å². The van der Waals surface area contributed by atoms with Crippen LogP contribution in [0, 0.1) is 0 Å². The third-order valence-electron chi connectivity index (χ3n) is 2.85. The molecule has 0 aliphatic rings. The van der Waals surface area contributed by atoms with Crippen LogP contribution < -0.4 is 0 Å². The molecule has 2 rings (SSSR count). The molecule has 2 heteroatoms. The van der Waals surface area contributed by atoms with Crippen molar-refractivity contribution in [2.24, 2.45) is 0 Å². The van der Waals surface area contributed by atoms with Crippen LogP contribution in [0.2, 0.25) is 0 Å². The summed E-state index contributed by atoms with van der Waals surface area (Å²) in [5.74, 6) is 0. The summed E-state index contributed by atoms with van der Waals surface area (Å²) in [6.45, 7) is 4.28. The van der Waals surface area contributed by atoms with Crippen molar-refractivity contribution in [3.05, 3.63) is 48.0 Å². The van der Waals surface area contributed by atoms with Crippen LogP contribution in [0.25, 0.3) is 11.1 Å². The Labute approximate surface area is 103 Å². The van der Waals surface area contributed by atoms with Crippen molar-refractivity contribution in [1.29, 1.82) is 0 Å². The second-order valence-electron chi connectivity index (χ2n) is 4.18. The Bertz CT molecular complexity index is 457. The maximum atomic E-state index is 4.46. The number of nitrogens with zero attached hydrogens (tertiary/aromatic N) is 2. The van der Waals surface area contributed by atoms with Gasteiger partial charge in [0.05, 0.1) is 0 Å². The Kier molecular flexibility index (Phi) is 3.86. The topological polar surface area (TPSA) is 25.8 Å². The highest BCUT2D eigenvalue weighted by molar-refractivity contribution is 5.61. The molecule has 0 amide bonds. The average Bonchev–Trinajstić information content (AvgIpc) is 2.40. The van der Waals surface area contributed by atoms with Crippen LogP contribution in [0.5, 0.6) is 0 Å². The Balaban J connectivity index is 2.20. The molecule has 0 aliphatic carbocycles. The van der Waals surface area contributed by atoms with Crippen LogP contribution in [0.4, 0.5) is 0 Å². The Hall–Kier alpha value is -1.70. The van der Waals surface area contributed by atoms with E-state index in [4.69, 9.17) is 0 Å². The minimum absolute atomic E-state index is 0.980. The van der Waals surface area contributed by atoms with Crippen molar-refractivity contribution in [3.8, 4) is 11.1 Å². The second-order valence-corrected chi connectivity index (χ2v) is 4.18. The molecule has 0 saturated heterocycles. The molecule has 17 heavy (non-hydrogen) atoms. The fourth-order valence-electron chi connectivity index (χ4n) is 1.80. The van der Waals surface area contributed by atoms with E-state index in [9.17, 15) is 0 Å². The molecule has 2 heterocycles. The highest BCUT2D eigenvalue weighted by Crippen LogP contribution is 2.18. The molecule has 0 spiro atoms. The summed E-state index contributed by atoms with van der Waals surface area (Å²) in [4.78, 5) is 8.86.